The minimum atomic E-state index is -1.46. The van der Waals surface area contributed by atoms with E-state index < -0.39 is 6.16 Å². The quantitative estimate of drug-likeness (QED) is 0.476. The van der Waals surface area contributed by atoms with E-state index in [2.05, 4.69) is 4.74 Å². The normalized spacial score (nSPS) is 10.0. The molecule has 0 amide bonds. The van der Waals surface area contributed by atoms with Crippen molar-refractivity contribution >= 4 is 17.8 Å². The van der Waals surface area contributed by atoms with Crippen LogP contribution in [0, 0.1) is 0 Å². The summed E-state index contributed by atoms with van der Waals surface area (Å²) in [6.07, 6.45) is -0.752. The van der Waals surface area contributed by atoms with E-state index in [9.17, 15) is 9.90 Å². The van der Waals surface area contributed by atoms with E-state index in [4.69, 9.17) is 16.7 Å². The monoisotopic (exact) mass is 230 g/mol. The van der Waals surface area contributed by atoms with Gasteiger partial charge in [-0.25, -0.2) is 4.79 Å². The second-order valence-corrected chi connectivity index (χ2v) is 3.17. The van der Waals surface area contributed by atoms with Crippen molar-refractivity contribution in [2.75, 3.05) is 0 Å². The van der Waals surface area contributed by atoms with Gasteiger partial charge in [-0.2, -0.15) is 0 Å². The first kappa shape index (κ1) is 11.7. The van der Waals surface area contributed by atoms with Crippen molar-refractivity contribution in [2.45, 2.75) is 19.2 Å². The summed E-state index contributed by atoms with van der Waals surface area (Å²) < 4.78 is 4.39. The zero-order valence-electron chi connectivity index (χ0n) is 8.16. The Bertz CT molecular complexity index is 376. The molecule has 1 aromatic rings. The summed E-state index contributed by atoms with van der Waals surface area (Å²) in [4.78, 5) is 10.3. The fraction of sp³-hybridized carbons (Fsp3) is 0.300. The molecular weight excluding hydrogens is 220 g/mol. The number of hydrogen-bond donors (Lipinski definition) is 2. The van der Waals surface area contributed by atoms with E-state index in [0.29, 0.717) is 12.0 Å². The first-order valence-corrected chi connectivity index (χ1v) is 4.94. The maximum absolute atomic E-state index is 10.3. The Kier molecular flexibility index (Phi) is 3.80. The molecule has 4 nitrogen and oxygen atoms in total. The van der Waals surface area contributed by atoms with E-state index in [1.54, 1.807) is 6.07 Å². The molecule has 0 aliphatic carbocycles. The minimum Gasteiger partial charge on any atom is -0.504 e. The highest BCUT2D eigenvalue weighted by atomic mass is 35.5. The van der Waals surface area contributed by atoms with Crippen molar-refractivity contribution in [1.82, 2.24) is 0 Å². The zero-order chi connectivity index (χ0) is 11.4. The highest BCUT2D eigenvalue weighted by Gasteiger charge is 2.13. The van der Waals surface area contributed by atoms with Gasteiger partial charge in [-0.15, -0.1) is 11.6 Å². The number of hydrogen-bond acceptors (Lipinski definition) is 3. The third-order valence-electron chi connectivity index (χ3n) is 2.05. The standard InChI is InChI=1S/C10H11ClO4/c1-2-6-3-4-8(15-10(13)14)9(12)7(6)5-11/h3-4,12H,2,5H2,1H3,(H,13,14). The van der Waals surface area contributed by atoms with Crippen LogP contribution in [0.5, 0.6) is 11.5 Å². The number of halogens is 1. The lowest BCUT2D eigenvalue weighted by Crippen LogP contribution is -2.04. The molecule has 0 unspecified atom stereocenters. The fourth-order valence-electron chi connectivity index (χ4n) is 1.31. The number of benzene rings is 1. The fourth-order valence-corrected chi connectivity index (χ4v) is 1.61. The number of rotatable bonds is 3. The zero-order valence-corrected chi connectivity index (χ0v) is 8.91. The Balaban J connectivity index is 3.16. The van der Waals surface area contributed by atoms with Crippen molar-refractivity contribution in [3.8, 4) is 11.5 Å². The summed E-state index contributed by atoms with van der Waals surface area (Å²) in [5.74, 6) is -0.173. The summed E-state index contributed by atoms with van der Waals surface area (Å²) in [6.45, 7) is 1.92. The van der Waals surface area contributed by atoms with E-state index in [0.717, 1.165) is 5.56 Å². The van der Waals surface area contributed by atoms with Crippen molar-refractivity contribution in [3.63, 3.8) is 0 Å². The molecule has 0 spiro atoms. The van der Waals surface area contributed by atoms with Crippen LogP contribution >= 0.6 is 11.6 Å². The Morgan fingerprint density at radius 3 is 2.67 bits per heavy atom. The number of aromatic hydroxyl groups is 1. The van der Waals surface area contributed by atoms with E-state index in [1.807, 2.05) is 6.92 Å². The Hall–Kier alpha value is -1.42. The summed E-state index contributed by atoms with van der Waals surface area (Å²) in [5.41, 5.74) is 1.39. The van der Waals surface area contributed by atoms with Crippen molar-refractivity contribution in [1.29, 1.82) is 0 Å². The van der Waals surface area contributed by atoms with Gasteiger partial charge in [0.2, 0.25) is 0 Å². The number of alkyl halides is 1. The SMILES string of the molecule is CCc1ccc(OC(=O)O)c(O)c1CCl. The molecule has 1 aromatic carbocycles. The summed E-state index contributed by atoms with van der Waals surface area (Å²) in [7, 11) is 0. The van der Waals surface area contributed by atoms with Gasteiger partial charge in [-0.05, 0) is 18.1 Å². The third-order valence-corrected chi connectivity index (χ3v) is 2.32. The van der Waals surface area contributed by atoms with Crippen molar-refractivity contribution < 1.29 is 19.7 Å². The molecule has 0 radical (unpaired) electrons. The highest BCUT2D eigenvalue weighted by Crippen LogP contribution is 2.33. The molecule has 0 heterocycles. The van der Waals surface area contributed by atoms with Crippen LogP contribution < -0.4 is 4.74 Å². The number of aryl methyl sites for hydroxylation is 1. The molecular formula is C10H11ClO4. The number of phenolic OH excluding ortho intramolecular Hbond substituents is 1. The first-order valence-electron chi connectivity index (χ1n) is 4.40. The predicted molar refractivity (Wildman–Crippen MR) is 55.7 cm³/mol. The summed E-state index contributed by atoms with van der Waals surface area (Å²) in [6, 6.07) is 3.11. The molecule has 82 valence electrons. The van der Waals surface area contributed by atoms with E-state index in [1.165, 1.54) is 6.07 Å². The largest absolute Gasteiger partial charge is 0.511 e. The van der Waals surface area contributed by atoms with Crippen molar-refractivity contribution in [2.24, 2.45) is 0 Å². The van der Waals surface area contributed by atoms with Gasteiger partial charge in [0.15, 0.2) is 11.5 Å². The van der Waals surface area contributed by atoms with Gasteiger partial charge >= 0.3 is 6.16 Å². The topological polar surface area (TPSA) is 66.8 Å². The van der Waals surface area contributed by atoms with E-state index >= 15 is 0 Å². The van der Waals surface area contributed by atoms with Crippen LogP contribution in [0.2, 0.25) is 0 Å². The lowest BCUT2D eigenvalue weighted by Gasteiger charge is -2.10. The molecule has 0 saturated carbocycles. The molecule has 0 bridgehead atoms. The molecule has 0 aromatic heterocycles. The lowest BCUT2D eigenvalue weighted by molar-refractivity contribution is 0.143. The summed E-state index contributed by atoms with van der Waals surface area (Å²) >= 11 is 5.66. The van der Waals surface area contributed by atoms with Crippen LogP contribution in [-0.4, -0.2) is 16.4 Å². The number of carbonyl (C=O) groups is 1. The van der Waals surface area contributed by atoms with Gasteiger partial charge in [-0.1, -0.05) is 13.0 Å². The van der Waals surface area contributed by atoms with E-state index in [-0.39, 0.29) is 17.4 Å². The second kappa shape index (κ2) is 4.89. The molecule has 2 N–H and O–H groups in total. The van der Waals surface area contributed by atoms with Crippen molar-refractivity contribution in [3.05, 3.63) is 23.3 Å². The van der Waals surface area contributed by atoms with Gasteiger partial charge in [0.05, 0.1) is 5.88 Å². The van der Waals surface area contributed by atoms with Crippen LogP contribution in [0.25, 0.3) is 0 Å². The van der Waals surface area contributed by atoms with Crippen LogP contribution in [0.3, 0.4) is 0 Å². The predicted octanol–water partition coefficient (Wildman–Crippen LogP) is 2.75. The first-order chi connectivity index (χ1) is 7.10. The number of carboxylic acid groups (broad SMARTS) is 1. The maximum atomic E-state index is 10.3. The van der Waals surface area contributed by atoms with Gasteiger partial charge in [-0.3, -0.25) is 0 Å². The van der Waals surface area contributed by atoms with Crippen LogP contribution in [-0.2, 0) is 12.3 Å². The van der Waals surface area contributed by atoms with Gasteiger partial charge in [0.25, 0.3) is 0 Å². The Morgan fingerprint density at radius 2 is 2.20 bits per heavy atom. The third kappa shape index (κ3) is 2.53. The molecule has 0 saturated heterocycles. The Morgan fingerprint density at radius 1 is 1.53 bits per heavy atom. The molecule has 0 fully saturated rings. The molecule has 15 heavy (non-hydrogen) atoms. The molecule has 5 heteroatoms. The number of ether oxygens (including phenoxy) is 1. The average molecular weight is 231 g/mol. The smallest absolute Gasteiger partial charge is 0.504 e. The van der Waals surface area contributed by atoms with Crippen LogP contribution in [0.15, 0.2) is 12.1 Å². The molecule has 1 rings (SSSR count). The minimum absolute atomic E-state index is 0.0876. The molecule has 0 atom stereocenters. The maximum Gasteiger partial charge on any atom is 0.511 e. The summed E-state index contributed by atoms with van der Waals surface area (Å²) in [5, 5.41) is 18.1. The van der Waals surface area contributed by atoms with Crippen LogP contribution in [0.1, 0.15) is 18.1 Å². The lowest BCUT2D eigenvalue weighted by atomic mass is 10.1. The molecule has 0 aliphatic rings. The molecule has 0 aliphatic heterocycles. The van der Waals surface area contributed by atoms with Gasteiger partial charge in [0.1, 0.15) is 0 Å². The Labute approximate surface area is 92.1 Å². The second-order valence-electron chi connectivity index (χ2n) is 2.91. The van der Waals surface area contributed by atoms with Gasteiger partial charge in [0, 0.05) is 5.56 Å². The number of phenols is 1. The average Bonchev–Trinajstić information content (AvgIpc) is 2.20. The highest BCUT2D eigenvalue weighted by molar-refractivity contribution is 6.17. The van der Waals surface area contributed by atoms with Crippen LogP contribution in [0.4, 0.5) is 4.79 Å². The van der Waals surface area contributed by atoms with Gasteiger partial charge < -0.3 is 14.9 Å².